The summed E-state index contributed by atoms with van der Waals surface area (Å²) in [6.07, 6.45) is 2.23. The van der Waals surface area contributed by atoms with Crippen LogP contribution in [0.2, 0.25) is 0 Å². The highest BCUT2D eigenvalue weighted by Crippen LogP contribution is 2.08. The molecule has 0 spiro atoms. The summed E-state index contributed by atoms with van der Waals surface area (Å²) in [5.41, 5.74) is 0. The molecular weight excluding hydrogens is 190 g/mol. The molecule has 1 aliphatic heterocycles. The van der Waals surface area contributed by atoms with Gasteiger partial charge in [-0.1, -0.05) is 6.92 Å². The normalized spacial score (nSPS) is 18.7. The highest BCUT2D eigenvalue weighted by Gasteiger charge is 2.24. The molecule has 0 saturated carbocycles. The molecule has 1 rings (SSSR count). The Kier molecular flexibility index (Phi) is 4.88. The van der Waals surface area contributed by atoms with Gasteiger partial charge in [-0.25, -0.2) is 4.79 Å². The van der Waals surface area contributed by atoms with Gasteiger partial charge >= 0.3 is 6.03 Å². The molecule has 1 saturated heterocycles. The van der Waals surface area contributed by atoms with Crippen molar-refractivity contribution in [2.75, 3.05) is 33.2 Å². The van der Waals surface area contributed by atoms with Crippen LogP contribution in [0.25, 0.3) is 0 Å². The fourth-order valence-corrected chi connectivity index (χ4v) is 1.95. The maximum absolute atomic E-state index is 11.5. The summed E-state index contributed by atoms with van der Waals surface area (Å²) in [6.45, 7) is 8.01. The van der Waals surface area contributed by atoms with Gasteiger partial charge in [-0.15, -0.1) is 0 Å². The van der Waals surface area contributed by atoms with Gasteiger partial charge < -0.3 is 15.1 Å². The molecule has 88 valence electrons. The summed E-state index contributed by atoms with van der Waals surface area (Å²) in [5, 5.41) is 3.38. The molecule has 0 bridgehead atoms. The van der Waals surface area contributed by atoms with Crippen LogP contribution in [0.4, 0.5) is 4.79 Å². The van der Waals surface area contributed by atoms with Gasteiger partial charge in [-0.3, -0.25) is 0 Å². The molecule has 0 radical (unpaired) electrons. The Balaban J connectivity index is 2.13. The van der Waals surface area contributed by atoms with E-state index in [1.807, 2.05) is 11.9 Å². The topological polar surface area (TPSA) is 35.6 Å². The van der Waals surface area contributed by atoms with Crippen LogP contribution in [0, 0.1) is 0 Å². The lowest BCUT2D eigenvalue weighted by molar-refractivity contribution is 0.197. The third-order valence-corrected chi connectivity index (χ3v) is 2.92. The van der Waals surface area contributed by atoms with Crippen molar-refractivity contribution >= 4 is 6.03 Å². The Morgan fingerprint density at radius 2 is 2.20 bits per heavy atom. The first kappa shape index (κ1) is 12.3. The zero-order valence-corrected chi connectivity index (χ0v) is 10.1. The number of urea groups is 1. The van der Waals surface area contributed by atoms with E-state index in [9.17, 15) is 4.79 Å². The van der Waals surface area contributed by atoms with Crippen molar-refractivity contribution in [3.8, 4) is 0 Å². The summed E-state index contributed by atoms with van der Waals surface area (Å²) >= 11 is 0. The van der Waals surface area contributed by atoms with Gasteiger partial charge in [-0.2, -0.15) is 0 Å². The molecule has 0 aromatic carbocycles. The van der Waals surface area contributed by atoms with E-state index in [2.05, 4.69) is 19.2 Å². The van der Waals surface area contributed by atoms with Crippen molar-refractivity contribution in [2.24, 2.45) is 0 Å². The van der Waals surface area contributed by atoms with Crippen molar-refractivity contribution in [3.63, 3.8) is 0 Å². The smallest absolute Gasteiger partial charge is 0.319 e. The van der Waals surface area contributed by atoms with Crippen LogP contribution in [0.15, 0.2) is 0 Å². The number of nitrogens with zero attached hydrogens (tertiary/aromatic N) is 2. The second kappa shape index (κ2) is 5.95. The fourth-order valence-electron chi connectivity index (χ4n) is 1.95. The predicted molar refractivity (Wildman–Crippen MR) is 62.0 cm³/mol. The molecule has 15 heavy (non-hydrogen) atoms. The molecule has 2 amide bonds. The van der Waals surface area contributed by atoms with E-state index in [1.54, 1.807) is 4.90 Å². The lowest BCUT2D eigenvalue weighted by Gasteiger charge is -2.17. The van der Waals surface area contributed by atoms with Gasteiger partial charge in [0, 0.05) is 32.7 Å². The number of carbonyl (C=O) groups excluding carboxylic acids is 1. The summed E-state index contributed by atoms with van der Waals surface area (Å²) in [5.74, 6) is 0. The van der Waals surface area contributed by atoms with Gasteiger partial charge in [0.1, 0.15) is 0 Å². The minimum absolute atomic E-state index is 0.186. The molecule has 4 nitrogen and oxygen atoms in total. The van der Waals surface area contributed by atoms with E-state index in [1.165, 1.54) is 0 Å². The molecule has 0 aromatic heterocycles. The second-order valence-electron chi connectivity index (χ2n) is 4.29. The van der Waals surface area contributed by atoms with Gasteiger partial charge in [0.15, 0.2) is 0 Å². The van der Waals surface area contributed by atoms with Crippen LogP contribution in [0.1, 0.15) is 26.7 Å². The first-order chi connectivity index (χ1) is 7.15. The largest absolute Gasteiger partial charge is 0.326 e. The minimum Gasteiger partial charge on any atom is -0.326 e. The SMILES string of the molecule is CCNC(C)CCCN1CCN(C)C1=O. The van der Waals surface area contributed by atoms with Crippen LogP contribution in [-0.2, 0) is 0 Å². The minimum atomic E-state index is 0.186. The third kappa shape index (κ3) is 3.70. The molecule has 1 atom stereocenters. The van der Waals surface area contributed by atoms with E-state index in [4.69, 9.17) is 0 Å². The standard InChI is InChI=1S/C11H23N3O/c1-4-12-10(2)6-5-7-14-9-8-13(3)11(14)15/h10,12H,4-9H2,1-3H3. The summed E-state index contributed by atoms with van der Waals surface area (Å²) < 4.78 is 0. The van der Waals surface area contributed by atoms with Crippen LogP contribution in [0.3, 0.4) is 0 Å². The summed E-state index contributed by atoms with van der Waals surface area (Å²) in [7, 11) is 1.86. The lowest BCUT2D eigenvalue weighted by Crippen LogP contribution is -2.31. The highest BCUT2D eigenvalue weighted by molar-refractivity contribution is 5.76. The Morgan fingerprint density at radius 1 is 1.47 bits per heavy atom. The number of carbonyl (C=O) groups is 1. The van der Waals surface area contributed by atoms with E-state index < -0.39 is 0 Å². The number of amides is 2. The van der Waals surface area contributed by atoms with Gasteiger partial charge in [-0.05, 0) is 26.3 Å². The number of hydrogen-bond donors (Lipinski definition) is 1. The maximum atomic E-state index is 11.5. The Labute approximate surface area is 92.6 Å². The molecule has 0 aliphatic carbocycles. The van der Waals surface area contributed by atoms with Crippen LogP contribution < -0.4 is 5.32 Å². The number of likely N-dealkylation sites (N-methyl/N-ethyl adjacent to an activating group) is 1. The van der Waals surface area contributed by atoms with Gasteiger partial charge in [0.25, 0.3) is 0 Å². The Hall–Kier alpha value is -0.770. The van der Waals surface area contributed by atoms with Crippen LogP contribution in [0.5, 0.6) is 0 Å². The molecule has 1 unspecified atom stereocenters. The van der Waals surface area contributed by atoms with Crippen molar-refractivity contribution in [2.45, 2.75) is 32.7 Å². The van der Waals surface area contributed by atoms with Crippen LogP contribution >= 0.6 is 0 Å². The molecule has 1 fully saturated rings. The van der Waals surface area contributed by atoms with Crippen molar-refractivity contribution < 1.29 is 4.79 Å². The molecule has 1 heterocycles. The average Bonchev–Trinajstić information content (AvgIpc) is 2.50. The Bertz CT molecular complexity index is 208. The number of rotatable bonds is 6. The fraction of sp³-hybridized carbons (Fsp3) is 0.909. The van der Waals surface area contributed by atoms with Gasteiger partial charge in [0.05, 0.1) is 0 Å². The monoisotopic (exact) mass is 213 g/mol. The van der Waals surface area contributed by atoms with E-state index >= 15 is 0 Å². The molecule has 4 heteroatoms. The van der Waals surface area contributed by atoms with E-state index in [0.717, 1.165) is 39.0 Å². The van der Waals surface area contributed by atoms with Crippen LogP contribution in [-0.4, -0.2) is 55.1 Å². The molecule has 1 aliphatic rings. The lowest BCUT2D eigenvalue weighted by atomic mass is 10.2. The second-order valence-corrected chi connectivity index (χ2v) is 4.29. The highest BCUT2D eigenvalue weighted by atomic mass is 16.2. The summed E-state index contributed by atoms with van der Waals surface area (Å²) in [4.78, 5) is 15.3. The zero-order chi connectivity index (χ0) is 11.3. The molecular formula is C11H23N3O. The van der Waals surface area contributed by atoms with Crippen molar-refractivity contribution in [1.29, 1.82) is 0 Å². The summed E-state index contributed by atoms with van der Waals surface area (Å²) in [6, 6.07) is 0.747. The quantitative estimate of drug-likeness (QED) is 0.718. The number of nitrogens with one attached hydrogen (secondary N) is 1. The average molecular weight is 213 g/mol. The first-order valence-electron chi connectivity index (χ1n) is 5.88. The number of hydrogen-bond acceptors (Lipinski definition) is 2. The first-order valence-corrected chi connectivity index (χ1v) is 5.88. The Morgan fingerprint density at radius 3 is 2.73 bits per heavy atom. The van der Waals surface area contributed by atoms with Gasteiger partial charge in [0.2, 0.25) is 0 Å². The van der Waals surface area contributed by atoms with E-state index in [0.29, 0.717) is 6.04 Å². The zero-order valence-electron chi connectivity index (χ0n) is 10.1. The molecule has 1 N–H and O–H groups in total. The van der Waals surface area contributed by atoms with Crippen molar-refractivity contribution in [3.05, 3.63) is 0 Å². The molecule has 0 aromatic rings. The van der Waals surface area contributed by atoms with E-state index in [-0.39, 0.29) is 6.03 Å². The third-order valence-electron chi connectivity index (χ3n) is 2.92. The van der Waals surface area contributed by atoms with Crippen molar-refractivity contribution in [1.82, 2.24) is 15.1 Å². The predicted octanol–water partition coefficient (Wildman–Crippen LogP) is 1.13. The maximum Gasteiger partial charge on any atom is 0.319 e.